The molecule has 4 rings (SSSR count). The molecule has 0 amide bonds. The first-order valence-electron chi connectivity index (χ1n) is 9.48. The molecule has 0 aliphatic carbocycles. The molecule has 0 unspecified atom stereocenters. The molecule has 0 aliphatic heterocycles. The number of nitrogens with zero attached hydrogens (tertiary/aromatic N) is 3. The van der Waals surface area contributed by atoms with Crippen LogP contribution in [0.3, 0.4) is 0 Å². The second-order valence-corrected chi connectivity index (χ2v) is 8.60. The third kappa shape index (κ3) is 5.18. The Kier molecular flexibility index (Phi) is 6.44. The second kappa shape index (κ2) is 9.41. The minimum Gasteiger partial charge on any atom is -0.508 e. The number of phenols is 1. The quantitative estimate of drug-likeness (QED) is 0.178. The minimum absolute atomic E-state index is 0.182. The second-order valence-electron chi connectivity index (χ2n) is 6.89. The predicted octanol–water partition coefficient (Wildman–Crippen LogP) is 6.48. The first-order chi connectivity index (χ1) is 15.0. The first-order valence-corrected chi connectivity index (χ1v) is 11.1. The zero-order valence-corrected chi connectivity index (χ0v) is 19.7. The van der Waals surface area contributed by atoms with Gasteiger partial charge in [0, 0.05) is 14.3 Å². The molecule has 0 bridgehead atoms. The Balaban J connectivity index is 1.76. The van der Waals surface area contributed by atoms with E-state index in [4.69, 9.17) is 9.98 Å². The van der Waals surface area contributed by atoms with Gasteiger partial charge in [-0.25, -0.2) is 9.98 Å². The zero-order valence-electron chi connectivity index (χ0n) is 16.6. The summed E-state index contributed by atoms with van der Waals surface area (Å²) in [6.07, 6.45) is 1.62. The number of halogens is 2. The Labute approximate surface area is 196 Å². The van der Waals surface area contributed by atoms with Gasteiger partial charge >= 0.3 is 0 Å². The molecule has 0 saturated carbocycles. The van der Waals surface area contributed by atoms with Gasteiger partial charge in [-0.2, -0.15) is 5.10 Å². The molecule has 7 heteroatoms. The Morgan fingerprint density at radius 1 is 0.968 bits per heavy atom. The van der Waals surface area contributed by atoms with Crippen molar-refractivity contribution in [2.75, 3.05) is 0 Å². The summed E-state index contributed by atoms with van der Waals surface area (Å²) in [5, 5.41) is 15.0. The van der Waals surface area contributed by atoms with Crippen molar-refractivity contribution < 1.29 is 5.11 Å². The van der Waals surface area contributed by atoms with Crippen molar-refractivity contribution in [1.29, 1.82) is 0 Å². The van der Waals surface area contributed by atoms with Crippen LogP contribution in [0, 0.1) is 6.92 Å². The fourth-order valence-corrected chi connectivity index (χ4v) is 4.61. The normalized spacial score (nSPS) is 11.9. The molecular weight excluding hydrogens is 520 g/mol. The Hall–Kier alpha value is -3.03. The monoisotopic (exact) mass is 536 g/mol. The molecule has 2 N–H and O–H groups in total. The molecule has 5 nitrogen and oxygen atoms in total. The smallest absolute Gasteiger partial charge is 0.173 e. The number of aryl methyl sites for hydroxylation is 1. The molecule has 4 aromatic rings. The lowest BCUT2D eigenvalue weighted by Crippen LogP contribution is -2.20. The minimum atomic E-state index is 0.182. The number of hydrogen-bond acceptors (Lipinski definition) is 4. The Morgan fingerprint density at radius 2 is 1.74 bits per heavy atom. The van der Waals surface area contributed by atoms with Crippen molar-refractivity contribution in [2.24, 2.45) is 10.1 Å². The number of aromatic hydroxyl groups is 1. The van der Waals surface area contributed by atoms with Crippen LogP contribution >= 0.6 is 31.9 Å². The third-order valence-corrected chi connectivity index (χ3v) is 5.69. The van der Waals surface area contributed by atoms with Gasteiger partial charge < -0.3 is 5.11 Å². The number of amidine groups is 1. The number of hydrogen-bond donors (Lipinski definition) is 2. The zero-order chi connectivity index (χ0) is 21.8. The molecule has 3 aromatic carbocycles. The number of nitrogens with one attached hydrogen (secondary N) is 1. The molecule has 1 heterocycles. The molecule has 1 aromatic heterocycles. The summed E-state index contributed by atoms with van der Waals surface area (Å²) < 4.78 is 1.72. The summed E-state index contributed by atoms with van der Waals surface area (Å²) in [5.41, 5.74) is 7.15. The molecule has 0 spiro atoms. The molecule has 0 fully saturated rings. The van der Waals surface area contributed by atoms with Gasteiger partial charge in [0.2, 0.25) is 0 Å². The maximum atomic E-state index is 9.65. The number of hydrazone groups is 1. The lowest BCUT2D eigenvalue weighted by Gasteiger charge is -2.10. The fourth-order valence-electron chi connectivity index (χ4n) is 3.02. The lowest BCUT2D eigenvalue weighted by molar-refractivity contribution is 0.475. The van der Waals surface area contributed by atoms with Crippen molar-refractivity contribution in [3.63, 3.8) is 0 Å². The summed E-state index contributed by atoms with van der Waals surface area (Å²) >= 11 is 7.20. The van der Waals surface area contributed by atoms with E-state index in [1.165, 1.54) is 0 Å². The van der Waals surface area contributed by atoms with E-state index in [1.54, 1.807) is 24.4 Å². The summed E-state index contributed by atoms with van der Waals surface area (Å²) in [6, 6.07) is 22.7. The highest BCUT2D eigenvalue weighted by Crippen LogP contribution is 2.35. The number of aliphatic imine (C=N–C) groups is 1. The fraction of sp³-hybridized carbons (Fsp3) is 0.0417. The largest absolute Gasteiger partial charge is 0.508 e. The van der Waals surface area contributed by atoms with Crippen LogP contribution in [0.2, 0.25) is 0 Å². The van der Waals surface area contributed by atoms with Gasteiger partial charge in [-0.1, -0.05) is 36.4 Å². The van der Waals surface area contributed by atoms with Crippen LogP contribution in [0.4, 0.5) is 5.69 Å². The van der Waals surface area contributed by atoms with Gasteiger partial charge in [-0.05, 0) is 86.3 Å². The summed E-state index contributed by atoms with van der Waals surface area (Å²) in [4.78, 5) is 9.56. The number of benzene rings is 3. The van der Waals surface area contributed by atoms with Crippen LogP contribution in [-0.2, 0) is 0 Å². The number of fused-ring (bicyclic) bond motifs is 1. The van der Waals surface area contributed by atoms with Crippen molar-refractivity contribution >= 4 is 60.5 Å². The molecule has 0 saturated heterocycles. The Bertz CT molecular complexity index is 1290. The summed E-state index contributed by atoms with van der Waals surface area (Å²) in [7, 11) is 0. The topological polar surface area (TPSA) is 69.9 Å². The number of pyridine rings is 1. The van der Waals surface area contributed by atoms with Gasteiger partial charge in [0.25, 0.3) is 0 Å². The van der Waals surface area contributed by atoms with Crippen LogP contribution < -0.4 is 5.43 Å². The highest BCUT2D eigenvalue weighted by molar-refractivity contribution is 9.11. The molecule has 0 aliphatic rings. The average molecular weight is 538 g/mol. The van der Waals surface area contributed by atoms with E-state index in [1.807, 2.05) is 61.5 Å². The van der Waals surface area contributed by atoms with Gasteiger partial charge in [0.05, 0.1) is 17.4 Å². The van der Waals surface area contributed by atoms with Gasteiger partial charge in [-0.3, -0.25) is 5.43 Å². The van der Waals surface area contributed by atoms with Crippen molar-refractivity contribution in [3.05, 3.63) is 98.6 Å². The molecule has 31 heavy (non-hydrogen) atoms. The third-order valence-electron chi connectivity index (χ3n) is 4.48. The highest BCUT2D eigenvalue weighted by atomic mass is 79.9. The van der Waals surface area contributed by atoms with Crippen LogP contribution in [0.1, 0.15) is 16.8 Å². The maximum Gasteiger partial charge on any atom is 0.173 e. The maximum absolute atomic E-state index is 9.65. The predicted molar refractivity (Wildman–Crippen MR) is 133 cm³/mol. The van der Waals surface area contributed by atoms with Crippen LogP contribution in [0.15, 0.2) is 91.8 Å². The van der Waals surface area contributed by atoms with E-state index in [0.29, 0.717) is 11.5 Å². The first kappa shape index (κ1) is 21.2. The van der Waals surface area contributed by atoms with Crippen molar-refractivity contribution in [2.45, 2.75) is 6.92 Å². The number of aromatic nitrogens is 1. The number of phenolic OH excluding ortho intramolecular Hbond substituents is 1. The standard InChI is InChI=1S/C24H18Br2N4O/c1-15-11-19(25)23(20(26)12-15)29-24(30-27-14-16-5-4-7-18(31)13-16)22-10-9-17-6-2-3-8-21(17)28-22/h2-14,31H,1H3,(H,29,30). The van der Waals surface area contributed by atoms with Crippen LogP contribution in [-0.4, -0.2) is 22.1 Å². The van der Waals surface area contributed by atoms with Crippen molar-refractivity contribution in [1.82, 2.24) is 10.4 Å². The number of para-hydroxylation sites is 1. The van der Waals surface area contributed by atoms with Crippen LogP contribution in [0.25, 0.3) is 10.9 Å². The van der Waals surface area contributed by atoms with E-state index in [-0.39, 0.29) is 5.75 Å². The molecule has 0 radical (unpaired) electrons. The number of rotatable bonds is 4. The molecule has 154 valence electrons. The van der Waals surface area contributed by atoms with Gasteiger partial charge in [0.1, 0.15) is 11.4 Å². The van der Waals surface area contributed by atoms with Gasteiger partial charge in [0.15, 0.2) is 5.84 Å². The molecular formula is C24H18Br2N4O. The SMILES string of the molecule is Cc1cc(Br)c(N=C(NN=Cc2cccc(O)c2)c2ccc3ccccc3n2)c(Br)c1. The van der Waals surface area contributed by atoms with Crippen LogP contribution in [0.5, 0.6) is 5.75 Å². The summed E-state index contributed by atoms with van der Waals surface area (Å²) in [6.45, 7) is 2.02. The Morgan fingerprint density at radius 3 is 2.52 bits per heavy atom. The van der Waals surface area contributed by atoms with E-state index in [0.717, 1.165) is 36.7 Å². The van der Waals surface area contributed by atoms with E-state index >= 15 is 0 Å². The van der Waals surface area contributed by atoms with E-state index in [2.05, 4.69) is 42.4 Å². The average Bonchev–Trinajstić information content (AvgIpc) is 2.74. The highest BCUT2D eigenvalue weighted by Gasteiger charge is 2.11. The molecule has 0 atom stereocenters. The van der Waals surface area contributed by atoms with Crippen molar-refractivity contribution in [3.8, 4) is 5.75 Å². The van der Waals surface area contributed by atoms with E-state index < -0.39 is 0 Å². The van der Waals surface area contributed by atoms with E-state index in [9.17, 15) is 5.11 Å². The summed E-state index contributed by atoms with van der Waals surface area (Å²) in [5.74, 6) is 0.675. The lowest BCUT2D eigenvalue weighted by atomic mass is 10.2. The van der Waals surface area contributed by atoms with Gasteiger partial charge in [-0.15, -0.1) is 0 Å².